The third kappa shape index (κ3) is 4.25. The first kappa shape index (κ1) is 15.9. The smallest absolute Gasteiger partial charge is 0.316 e. The van der Waals surface area contributed by atoms with Crippen LogP contribution >= 0.6 is 15.9 Å². The number of nitrogens with zero attached hydrogens (tertiary/aromatic N) is 4. The van der Waals surface area contributed by atoms with Crippen LogP contribution in [0.4, 0.5) is 0 Å². The number of pyridine rings is 1. The number of rotatable bonds is 4. The van der Waals surface area contributed by atoms with Crippen molar-refractivity contribution in [3.8, 4) is 6.01 Å². The van der Waals surface area contributed by atoms with Crippen LogP contribution in [-0.4, -0.2) is 45.5 Å². The SMILES string of the molecule is O=C(c1ccncc1)N1CCC(COc2ncc(Br)cn2)CC1. The molecule has 1 aliphatic rings. The highest BCUT2D eigenvalue weighted by Gasteiger charge is 2.24. The van der Waals surface area contributed by atoms with Crippen molar-refractivity contribution in [1.29, 1.82) is 0 Å². The molecule has 0 radical (unpaired) electrons. The Kier molecular flexibility index (Phi) is 5.17. The minimum absolute atomic E-state index is 0.0722. The van der Waals surface area contributed by atoms with Crippen LogP contribution in [0.1, 0.15) is 23.2 Å². The van der Waals surface area contributed by atoms with Gasteiger partial charge < -0.3 is 9.64 Å². The maximum atomic E-state index is 12.4. The molecule has 0 aliphatic carbocycles. The van der Waals surface area contributed by atoms with E-state index in [2.05, 4.69) is 30.9 Å². The number of hydrogen-bond acceptors (Lipinski definition) is 5. The molecule has 0 aromatic carbocycles. The summed E-state index contributed by atoms with van der Waals surface area (Å²) in [5.74, 6) is 0.492. The Hall–Kier alpha value is -2.02. The summed E-state index contributed by atoms with van der Waals surface area (Å²) < 4.78 is 6.45. The van der Waals surface area contributed by atoms with Gasteiger partial charge in [-0.2, -0.15) is 0 Å². The lowest BCUT2D eigenvalue weighted by Crippen LogP contribution is -2.39. The minimum atomic E-state index is 0.0722. The summed E-state index contributed by atoms with van der Waals surface area (Å²) in [7, 11) is 0. The number of halogens is 1. The summed E-state index contributed by atoms with van der Waals surface area (Å²) in [5, 5.41) is 0. The Labute approximate surface area is 143 Å². The van der Waals surface area contributed by atoms with Gasteiger partial charge in [-0.3, -0.25) is 9.78 Å². The van der Waals surface area contributed by atoms with Gasteiger partial charge in [0.2, 0.25) is 0 Å². The molecule has 3 rings (SSSR count). The molecule has 0 bridgehead atoms. The van der Waals surface area contributed by atoms with Crippen molar-refractivity contribution in [2.24, 2.45) is 5.92 Å². The topological polar surface area (TPSA) is 68.2 Å². The van der Waals surface area contributed by atoms with E-state index in [0.29, 0.717) is 24.1 Å². The molecule has 1 amide bonds. The number of likely N-dealkylation sites (tertiary alicyclic amines) is 1. The molecule has 0 unspecified atom stereocenters. The lowest BCUT2D eigenvalue weighted by Gasteiger charge is -2.31. The van der Waals surface area contributed by atoms with Crippen molar-refractivity contribution < 1.29 is 9.53 Å². The number of ether oxygens (including phenoxy) is 1. The molecule has 23 heavy (non-hydrogen) atoms. The van der Waals surface area contributed by atoms with Gasteiger partial charge in [0.25, 0.3) is 5.91 Å². The normalized spacial score (nSPS) is 15.4. The molecule has 0 spiro atoms. The number of amides is 1. The van der Waals surface area contributed by atoms with Crippen LogP contribution in [0.25, 0.3) is 0 Å². The van der Waals surface area contributed by atoms with Gasteiger partial charge in [-0.05, 0) is 46.8 Å². The number of aromatic nitrogens is 3. The van der Waals surface area contributed by atoms with E-state index < -0.39 is 0 Å². The molecule has 7 heteroatoms. The van der Waals surface area contributed by atoms with Gasteiger partial charge in [-0.25, -0.2) is 9.97 Å². The van der Waals surface area contributed by atoms with E-state index >= 15 is 0 Å². The minimum Gasteiger partial charge on any atom is -0.463 e. The maximum Gasteiger partial charge on any atom is 0.316 e. The van der Waals surface area contributed by atoms with Crippen LogP contribution in [0.2, 0.25) is 0 Å². The van der Waals surface area contributed by atoms with Gasteiger partial charge in [0.15, 0.2) is 0 Å². The Morgan fingerprint density at radius 1 is 1.22 bits per heavy atom. The van der Waals surface area contributed by atoms with E-state index in [-0.39, 0.29) is 5.91 Å². The second-order valence-corrected chi connectivity index (χ2v) is 6.38. The lowest BCUT2D eigenvalue weighted by atomic mass is 9.97. The monoisotopic (exact) mass is 376 g/mol. The Bertz CT molecular complexity index is 643. The highest BCUT2D eigenvalue weighted by atomic mass is 79.9. The van der Waals surface area contributed by atoms with Crippen molar-refractivity contribution >= 4 is 21.8 Å². The van der Waals surface area contributed by atoms with E-state index in [4.69, 9.17) is 4.74 Å². The first-order valence-corrected chi connectivity index (χ1v) is 8.31. The standard InChI is InChI=1S/C16H17BrN4O2/c17-14-9-19-16(20-10-14)23-11-12-3-7-21(8-4-12)15(22)13-1-5-18-6-2-13/h1-2,5-6,9-10,12H,3-4,7-8,11H2. The predicted octanol–water partition coefficient (Wildman–Crippen LogP) is 2.57. The lowest BCUT2D eigenvalue weighted by molar-refractivity contribution is 0.0657. The highest BCUT2D eigenvalue weighted by molar-refractivity contribution is 9.10. The average Bonchev–Trinajstić information content (AvgIpc) is 2.62. The number of piperidine rings is 1. The van der Waals surface area contributed by atoms with E-state index in [0.717, 1.165) is 30.4 Å². The molecule has 2 aromatic rings. The van der Waals surface area contributed by atoms with Gasteiger partial charge in [-0.15, -0.1) is 0 Å². The van der Waals surface area contributed by atoms with E-state index in [1.807, 2.05) is 4.90 Å². The van der Waals surface area contributed by atoms with E-state index in [1.54, 1.807) is 36.9 Å². The Morgan fingerprint density at radius 3 is 2.52 bits per heavy atom. The van der Waals surface area contributed by atoms with Gasteiger partial charge in [-0.1, -0.05) is 0 Å². The van der Waals surface area contributed by atoms with Crippen molar-refractivity contribution in [3.05, 3.63) is 47.0 Å². The molecular formula is C16H17BrN4O2. The van der Waals surface area contributed by atoms with Gasteiger partial charge in [0, 0.05) is 43.4 Å². The van der Waals surface area contributed by atoms with Crippen LogP contribution in [-0.2, 0) is 0 Å². The molecule has 3 heterocycles. The van der Waals surface area contributed by atoms with Gasteiger partial charge in [0.1, 0.15) is 0 Å². The van der Waals surface area contributed by atoms with E-state index in [1.165, 1.54) is 0 Å². The van der Waals surface area contributed by atoms with Crippen LogP contribution in [0.5, 0.6) is 6.01 Å². The molecule has 0 N–H and O–H groups in total. The second kappa shape index (κ2) is 7.50. The van der Waals surface area contributed by atoms with Crippen molar-refractivity contribution in [1.82, 2.24) is 19.9 Å². The zero-order valence-electron chi connectivity index (χ0n) is 12.6. The van der Waals surface area contributed by atoms with Crippen LogP contribution in [0, 0.1) is 5.92 Å². The third-order valence-corrected chi connectivity index (χ3v) is 4.28. The fourth-order valence-corrected chi connectivity index (χ4v) is 2.75. The summed E-state index contributed by atoms with van der Waals surface area (Å²) >= 11 is 3.29. The summed E-state index contributed by atoms with van der Waals surface area (Å²) in [6.45, 7) is 2.08. The zero-order chi connectivity index (χ0) is 16.1. The average molecular weight is 377 g/mol. The first-order chi connectivity index (χ1) is 11.2. The summed E-state index contributed by atoms with van der Waals surface area (Å²) in [5.41, 5.74) is 0.693. The molecule has 1 fully saturated rings. The maximum absolute atomic E-state index is 12.4. The van der Waals surface area contributed by atoms with Gasteiger partial charge in [0.05, 0.1) is 11.1 Å². The summed E-state index contributed by atoms with van der Waals surface area (Å²) in [4.78, 5) is 26.4. The van der Waals surface area contributed by atoms with E-state index in [9.17, 15) is 4.79 Å². The zero-order valence-corrected chi connectivity index (χ0v) is 14.1. The van der Waals surface area contributed by atoms with Crippen LogP contribution in [0.15, 0.2) is 41.4 Å². The molecule has 0 saturated carbocycles. The molecule has 6 nitrogen and oxygen atoms in total. The number of carbonyl (C=O) groups is 1. The summed E-state index contributed by atoms with van der Waals surface area (Å²) in [6.07, 6.45) is 8.47. The fraction of sp³-hybridized carbons (Fsp3) is 0.375. The molecular weight excluding hydrogens is 360 g/mol. The number of carbonyl (C=O) groups excluding carboxylic acids is 1. The number of hydrogen-bond donors (Lipinski definition) is 0. The fourth-order valence-electron chi connectivity index (χ4n) is 2.55. The second-order valence-electron chi connectivity index (χ2n) is 5.47. The van der Waals surface area contributed by atoms with Crippen molar-refractivity contribution in [2.75, 3.05) is 19.7 Å². The molecule has 1 saturated heterocycles. The van der Waals surface area contributed by atoms with Crippen molar-refractivity contribution in [2.45, 2.75) is 12.8 Å². The molecule has 2 aromatic heterocycles. The third-order valence-electron chi connectivity index (χ3n) is 3.87. The van der Waals surface area contributed by atoms with Gasteiger partial charge >= 0.3 is 6.01 Å². The molecule has 0 atom stereocenters. The first-order valence-electron chi connectivity index (χ1n) is 7.52. The Balaban J connectivity index is 1.47. The van der Waals surface area contributed by atoms with Crippen LogP contribution < -0.4 is 4.74 Å². The Morgan fingerprint density at radius 2 is 1.87 bits per heavy atom. The largest absolute Gasteiger partial charge is 0.463 e. The van der Waals surface area contributed by atoms with Crippen LogP contribution in [0.3, 0.4) is 0 Å². The van der Waals surface area contributed by atoms with Crippen molar-refractivity contribution in [3.63, 3.8) is 0 Å². The quantitative estimate of drug-likeness (QED) is 0.819. The molecule has 120 valence electrons. The predicted molar refractivity (Wildman–Crippen MR) is 88.1 cm³/mol. The molecule has 1 aliphatic heterocycles. The summed E-state index contributed by atoms with van der Waals surface area (Å²) in [6, 6.07) is 3.90. The highest BCUT2D eigenvalue weighted by Crippen LogP contribution is 2.20.